The van der Waals surface area contributed by atoms with Crippen LogP contribution in [0.2, 0.25) is 0 Å². The third kappa shape index (κ3) is 23.9. The van der Waals surface area contributed by atoms with E-state index in [4.69, 9.17) is 5.21 Å². The van der Waals surface area contributed by atoms with E-state index in [0.717, 1.165) is 25.7 Å². The van der Waals surface area contributed by atoms with Crippen molar-refractivity contribution in [2.45, 2.75) is 160 Å². The number of aliphatic hydroxyl groups is 1. The molecular weight excluding hydrogens is 798 g/mol. The minimum Gasteiger partial charge on any atom is -0.480 e. The zero-order valence-corrected chi connectivity index (χ0v) is 34.0. The molecule has 0 radical (unpaired) electrons. The number of imide groups is 3. The summed E-state index contributed by atoms with van der Waals surface area (Å²) in [6.07, 6.45) is 9.07. The topological polar surface area (TPSA) is 347 Å². The number of hydrogen-bond acceptors (Lipinski definition) is 15. The molecule has 9 N–H and O–H groups in total. The first-order valence-electron chi connectivity index (χ1n) is 20.0. The lowest BCUT2D eigenvalue weighted by molar-refractivity contribution is -0.171. The maximum Gasteiger partial charge on any atom is 0.326 e. The van der Waals surface area contributed by atoms with Crippen LogP contribution in [0.1, 0.15) is 135 Å². The van der Waals surface area contributed by atoms with Gasteiger partial charge in [-0.05, 0) is 25.7 Å². The van der Waals surface area contributed by atoms with E-state index in [9.17, 15) is 73.4 Å². The number of nitrogens with one attached hydrogen (secondary N) is 4. The van der Waals surface area contributed by atoms with E-state index in [2.05, 4.69) is 17.6 Å². The number of rotatable bonds is 35. The smallest absolute Gasteiger partial charge is 0.326 e. The zero-order chi connectivity index (χ0) is 45.5. The SMILES string of the molecule is CCCCCCCCCCCCCCCC(=O)N[C@@H](CCC(=O)N(O)C=O)C(=O)N[C@@H](CCC(=O)N(O)C=O)C(=O)N[C@@H](CO)C(=O)N[C@@H](CCC(=O)N(O)C=O)C(=O)O. The Morgan fingerprint density at radius 1 is 0.467 bits per heavy atom. The highest BCUT2D eigenvalue weighted by Gasteiger charge is 2.32. The van der Waals surface area contributed by atoms with Crippen LogP contribution in [0.15, 0.2) is 0 Å². The van der Waals surface area contributed by atoms with E-state index >= 15 is 0 Å². The van der Waals surface area contributed by atoms with Crippen molar-refractivity contribution < 1.29 is 78.6 Å². The van der Waals surface area contributed by atoms with Gasteiger partial charge in [0.15, 0.2) is 0 Å². The number of hydrogen-bond donors (Lipinski definition) is 9. The number of unbranched alkanes of at least 4 members (excludes halogenated alkanes) is 12. The van der Waals surface area contributed by atoms with E-state index in [0.29, 0.717) is 12.8 Å². The number of carbonyl (C=O) groups is 11. The van der Waals surface area contributed by atoms with E-state index < -0.39 is 117 Å². The number of carbonyl (C=O) groups excluding carboxylic acids is 10. The summed E-state index contributed by atoms with van der Waals surface area (Å²) in [5.74, 6) is -9.62. The van der Waals surface area contributed by atoms with Crippen molar-refractivity contribution in [1.82, 2.24) is 36.5 Å². The summed E-state index contributed by atoms with van der Waals surface area (Å²) < 4.78 is 0. The number of aliphatic carboxylic acids is 1. The van der Waals surface area contributed by atoms with Crippen molar-refractivity contribution in [2.75, 3.05) is 6.61 Å². The van der Waals surface area contributed by atoms with Gasteiger partial charge >= 0.3 is 5.97 Å². The van der Waals surface area contributed by atoms with Crippen molar-refractivity contribution in [1.29, 1.82) is 0 Å². The second-order valence-corrected chi connectivity index (χ2v) is 14.0. The summed E-state index contributed by atoms with van der Waals surface area (Å²) in [5.41, 5.74) is 0. The number of hydroxylamine groups is 6. The average Bonchev–Trinajstić information content (AvgIpc) is 3.23. The molecular formula is C37H61N7O16. The molecule has 60 heavy (non-hydrogen) atoms. The summed E-state index contributed by atoms with van der Waals surface area (Å²) >= 11 is 0. The minimum absolute atomic E-state index is 0.0273. The number of carboxylic acids is 1. The Labute approximate surface area is 347 Å². The highest BCUT2D eigenvalue weighted by Crippen LogP contribution is 2.14. The van der Waals surface area contributed by atoms with Crippen LogP contribution < -0.4 is 21.3 Å². The second-order valence-electron chi connectivity index (χ2n) is 14.0. The molecule has 0 rings (SSSR count). The molecule has 0 aromatic heterocycles. The number of amides is 10. The fraction of sp³-hybridized carbons (Fsp3) is 0.703. The molecule has 23 heteroatoms. The highest BCUT2D eigenvalue weighted by atomic mass is 16.5. The monoisotopic (exact) mass is 859 g/mol. The lowest BCUT2D eigenvalue weighted by atomic mass is 10.0. The van der Waals surface area contributed by atoms with E-state index in [1.54, 1.807) is 0 Å². The largest absolute Gasteiger partial charge is 0.480 e. The first-order chi connectivity index (χ1) is 28.6. The van der Waals surface area contributed by atoms with Crippen LogP contribution in [-0.4, -0.2) is 138 Å². The van der Waals surface area contributed by atoms with Gasteiger partial charge in [0, 0.05) is 25.7 Å². The lowest BCUT2D eigenvalue weighted by Gasteiger charge is -2.25. The third-order valence-electron chi connectivity index (χ3n) is 9.23. The Balaban J connectivity index is 5.78. The predicted octanol–water partition coefficient (Wildman–Crippen LogP) is -0.0530. The van der Waals surface area contributed by atoms with Gasteiger partial charge in [-0.1, -0.05) is 84.0 Å². The number of nitrogens with zero attached hydrogens (tertiary/aromatic N) is 3. The molecule has 0 aliphatic heterocycles. The Bertz CT molecular complexity index is 1420. The van der Waals surface area contributed by atoms with Gasteiger partial charge in [0.1, 0.15) is 24.2 Å². The summed E-state index contributed by atoms with van der Waals surface area (Å²) in [4.78, 5) is 133. The Kier molecular flexibility index (Phi) is 29.5. The summed E-state index contributed by atoms with van der Waals surface area (Å²) in [6.45, 7) is 1.01. The highest BCUT2D eigenvalue weighted by molar-refractivity contribution is 5.96. The van der Waals surface area contributed by atoms with Crippen LogP contribution in [0, 0.1) is 0 Å². The molecule has 0 aromatic rings. The standard InChI is InChI=1S/C37H61N7O16/c1-2-3-4-5-6-7-8-9-10-11-12-13-14-15-30(49)38-26(16-19-31(50)42(58)23-46)34(53)39-27(17-20-32(51)43(59)24-47)35(54)41-29(22-45)36(55)40-28(37(56)57)18-21-33(52)44(60)25-48/h23-29,45,58-60H,2-22H2,1H3,(H,38,49)(H,39,53)(H,40,55)(H,41,54)(H,56,57)/t26-,27-,28-,29-/m0/s1. The quantitative estimate of drug-likeness (QED) is 0.0175. The first-order valence-corrected chi connectivity index (χ1v) is 20.0. The van der Waals surface area contributed by atoms with Crippen molar-refractivity contribution in [3.8, 4) is 0 Å². The maximum atomic E-state index is 13.5. The Morgan fingerprint density at radius 3 is 1.15 bits per heavy atom. The molecule has 0 saturated carbocycles. The predicted molar refractivity (Wildman–Crippen MR) is 205 cm³/mol. The molecule has 0 saturated heterocycles. The number of aliphatic hydroxyl groups excluding tert-OH is 1. The van der Waals surface area contributed by atoms with Gasteiger partial charge in [-0.3, -0.25) is 63.6 Å². The summed E-state index contributed by atoms with van der Waals surface area (Å²) in [5, 5.41) is 55.1. The molecule has 0 spiro atoms. The number of carboxylic acid groups (broad SMARTS) is 1. The molecule has 23 nitrogen and oxygen atoms in total. The molecule has 0 aliphatic carbocycles. The van der Waals surface area contributed by atoms with E-state index in [-0.39, 0.29) is 40.8 Å². The van der Waals surface area contributed by atoms with Gasteiger partial charge in [-0.25, -0.2) is 4.79 Å². The second kappa shape index (κ2) is 32.5. The normalized spacial score (nSPS) is 12.7. The van der Waals surface area contributed by atoms with Crippen LogP contribution in [-0.2, 0) is 52.7 Å². The van der Waals surface area contributed by atoms with Gasteiger partial charge < -0.3 is 31.5 Å². The van der Waals surface area contributed by atoms with E-state index in [1.165, 1.54) is 44.9 Å². The van der Waals surface area contributed by atoms with Crippen molar-refractivity contribution in [3.63, 3.8) is 0 Å². The van der Waals surface area contributed by atoms with E-state index in [1.807, 2.05) is 10.6 Å². The van der Waals surface area contributed by atoms with Gasteiger partial charge in [0.2, 0.25) is 42.9 Å². The molecule has 0 heterocycles. The summed E-state index contributed by atoms with van der Waals surface area (Å²) in [7, 11) is 0. The van der Waals surface area contributed by atoms with Gasteiger partial charge in [0.25, 0.3) is 17.7 Å². The van der Waals surface area contributed by atoms with Gasteiger partial charge in [-0.15, -0.1) is 0 Å². The van der Waals surface area contributed by atoms with Crippen LogP contribution in [0.4, 0.5) is 0 Å². The fourth-order valence-corrected chi connectivity index (χ4v) is 5.70. The third-order valence-corrected chi connectivity index (χ3v) is 9.23. The molecule has 4 atom stereocenters. The molecule has 0 fully saturated rings. The molecule has 0 bridgehead atoms. The van der Waals surface area contributed by atoms with Crippen LogP contribution in [0.5, 0.6) is 0 Å². The fourth-order valence-electron chi connectivity index (χ4n) is 5.70. The molecule has 0 aromatic carbocycles. The van der Waals surface area contributed by atoms with Crippen LogP contribution in [0.3, 0.4) is 0 Å². The average molecular weight is 860 g/mol. The first kappa shape index (κ1) is 54.6. The zero-order valence-electron chi connectivity index (χ0n) is 34.0. The van der Waals surface area contributed by atoms with Crippen molar-refractivity contribution >= 4 is 66.5 Å². The van der Waals surface area contributed by atoms with Crippen molar-refractivity contribution in [2.24, 2.45) is 0 Å². The van der Waals surface area contributed by atoms with Gasteiger partial charge in [0.05, 0.1) is 6.61 Å². The Morgan fingerprint density at radius 2 is 0.783 bits per heavy atom. The van der Waals surface area contributed by atoms with Crippen LogP contribution >= 0.6 is 0 Å². The Hall–Kier alpha value is -5.39. The van der Waals surface area contributed by atoms with Crippen molar-refractivity contribution in [3.05, 3.63) is 0 Å². The molecule has 0 aliphatic rings. The summed E-state index contributed by atoms with van der Waals surface area (Å²) in [6, 6.07) is -7.16. The van der Waals surface area contributed by atoms with Gasteiger partial charge in [-0.2, -0.15) is 15.2 Å². The molecule has 0 unspecified atom stereocenters. The molecule has 340 valence electrons. The minimum atomic E-state index is -1.92. The lowest BCUT2D eigenvalue weighted by Crippen LogP contribution is -2.58. The molecule has 10 amide bonds. The van der Waals surface area contributed by atoms with Crippen LogP contribution in [0.25, 0.3) is 0 Å². The maximum absolute atomic E-state index is 13.5.